The van der Waals surface area contributed by atoms with E-state index in [1.807, 2.05) is 62.6 Å². The van der Waals surface area contributed by atoms with Crippen molar-refractivity contribution in [1.29, 1.82) is 0 Å². The standard InChI is InChI=1S/C20H28N2O2/c1-20(2,3)21-16-10-12-17(13-11-16)24-19-9-7-6-8-18(19)23-15-14-22(4)5/h6-13,21H,14-15H2,1-5H3. The van der Waals surface area contributed by atoms with Crippen LogP contribution in [0.5, 0.6) is 17.2 Å². The van der Waals surface area contributed by atoms with E-state index in [4.69, 9.17) is 9.47 Å². The smallest absolute Gasteiger partial charge is 0.169 e. The van der Waals surface area contributed by atoms with Crippen molar-refractivity contribution in [1.82, 2.24) is 4.90 Å². The molecule has 24 heavy (non-hydrogen) atoms. The molecule has 0 fully saturated rings. The van der Waals surface area contributed by atoms with E-state index in [1.165, 1.54) is 0 Å². The first-order valence-electron chi connectivity index (χ1n) is 8.26. The van der Waals surface area contributed by atoms with E-state index in [0.29, 0.717) is 6.61 Å². The molecule has 0 amide bonds. The second kappa shape index (κ2) is 8.06. The number of hydrogen-bond acceptors (Lipinski definition) is 4. The quantitative estimate of drug-likeness (QED) is 0.803. The molecule has 0 spiro atoms. The Morgan fingerprint density at radius 3 is 2.12 bits per heavy atom. The van der Waals surface area contributed by atoms with Gasteiger partial charge in [0.2, 0.25) is 0 Å². The van der Waals surface area contributed by atoms with Gasteiger partial charge in [-0.05, 0) is 71.3 Å². The topological polar surface area (TPSA) is 33.7 Å². The van der Waals surface area contributed by atoms with Gasteiger partial charge in [0.25, 0.3) is 0 Å². The first-order valence-corrected chi connectivity index (χ1v) is 8.26. The van der Waals surface area contributed by atoms with Crippen LogP contribution in [-0.2, 0) is 0 Å². The maximum absolute atomic E-state index is 5.99. The van der Waals surface area contributed by atoms with Crippen LogP contribution in [0.1, 0.15) is 20.8 Å². The molecule has 0 aromatic heterocycles. The number of nitrogens with zero attached hydrogens (tertiary/aromatic N) is 1. The highest BCUT2D eigenvalue weighted by Crippen LogP contribution is 2.32. The second-order valence-corrected chi connectivity index (χ2v) is 7.10. The Balaban J connectivity index is 2.02. The van der Waals surface area contributed by atoms with Gasteiger partial charge in [-0.1, -0.05) is 12.1 Å². The zero-order chi connectivity index (χ0) is 17.6. The molecule has 2 aromatic carbocycles. The molecule has 130 valence electrons. The highest BCUT2D eigenvalue weighted by molar-refractivity contribution is 5.49. The molecule has 4 nitrogen and oxygen atoms in total. The molecule has 0 saturated heterocycles. The summed E-state index contributed by atoms with van der Waals surface area (Å²) in [6.07, 6.45) is 0. The molecule has 0 atom stereocenters. The van der Waals surface area contributed by atoms with Crippen molar-refractivity contribution in [3.8, 4) is 17.2 Å². The largest absolute Gasteiger partial charge is 0.488 e. The number of benzene rings is 2. The van der Waals surface area contributed by atoms with E-state index in [-0.39, 0.29) is 5.54 Å². The maximum Gasteiger partial charge on any atom is 0.169 e. The van der Waals surface area contributed by atoms with Crippen LogP contribution in [0.15, 0.2) is 48.5 Å². The van der Waals surface area contributed by atoms with E-state index >= 15 is 0 Å². The molecule has 0 unspecified atom stereocenters. The lowest BCUT2D eigenvalue weighted by molar-refractivity contribution is 0.254. The summed E-state index contributed by atoms with van der Waals surface area (Å²) < 4.78 is 11.8. The molecule has 0 heterocycles. The second-order valence-electron chi connectivity index (χ2n) is 7.10. The van der Waals surface area contributed by atoms with Gasteiger partial charge in [-0.25, -0.2) is 0 Å². The van der Waals surface area contributed by atoms with Crippen molar-refractivity contribution in [2.24, 2.45) is 0 Å². The molecular weight excluding hydrogens is 300 g/mol. The first-order chi connectivity index (χ1) is 11.3. The number of rotatable bonds is 7. The summed E-state index contributed by atoms with van der Waals surface area (Å²) in [5.74, 6) is 2.28. The summed E-state index contributed by atoms with van der Waals surface area (Å²) in [6, 6.07) is 15.7. The molecule has 2 rings (SSSR count). The summed E-state index contributed by atoms with van der Waals surface area (Å²) >= 11 is 0. The van der Waals surface area contributed by atoms with E-state index in [1.54, 1.807) is 0 Å². The van der Waals surface area contributed by atoms with Gasteiger partial charge < -0.3 is 19.7 Å². The minimum atomic E-state index is 0.0370. The normalized spacial score (nSPS) is 11.4. The van der Waals surface area contributed by atoms with Crippen LogP contribution in [-0.4, -0.2) is 37.7 Å². The number of nitrogens with one attached hydrogen (secondary N) is 1. The van der Waals surface area contributed by atoms with Crippen molar-refractivity contribution in [2.45, 2.75) is 26.3 Å². The van der Waals surface area contributed by atoms with Crippen LogP contribution >= 0.6 is 0 Å². The van der Waals surface area contributed by atoms with Crippen LogP contribution in [0.25, 0.3) is 0 Å². The van der Waals surface area contributed by atoms with Crippen LogP contribution in [0.4, 0.5) is 5.69 Å². The van der Waals surface area contributed by atoms with Crippen molar-refractivity contribution < 1.29 is 9.47 Å². The van der Waals surface area contributed by atoms with Gasteiger partial charge in [-0.2, -0.15) is 0 Å². The molecule has 0 saturated carbocycles. The lowest BCUT2D eigenvalue weighted by Crippen LogP contribution is -2.25. The Morgan fingerprint density at radius 1 is 0.917 bits per heavy atom. The van der Waals surface area contributed by atoms with Crippen molar-refractivity contribution in [2.75, 3.05) is 32.6 Å². The van der Waals surface area contributed by atoms with Gasteiger partial charge in [0.15, 0.2) is 11.5 Å². The van der Waals surface area contributed by atoms with Gasteiger partial charge >= 0.3 is 0 Å². The third-order valence-corrected chi connectivity index (χ3v) is 3.25. The van der Waals surface area contributed by atoms with E-state index in [9.17, 15) is 0 Å². The highest BCUT2D eigenvalue weighted by Gasteiger charge is 2.10. The number of likely N-dealkylation sites (N-methyl/N-ethyl adjacent to an activating group) is 1. The minimum absolute atomic E-state index is 0.0370. The average Bonchev–Trinajstić information content (AvgIpc) is 2.49. The molecule has 1 N–H and O–H groups in total. The zero-order valence-corrected chi connectivity index (χ0v) is 15.3. The highest BCUT2D eigenvalue weighted by atomic mass is 16.5. The molecule has 0 radical (unpaired) electrons. The third kappa shape index (κ3) is 6.13. The van der Waals surface area contributed by atoms with E-state index in [2.05, 4.69) is 31.0 Å². The Morgan fingerprint density at radius 2 is 1.54 bits per heavy atom. The average molecular weight is 328 g/mol. The Labute approximate surface area is 145 Å². The first kappa shape index (κ1) is 18.1. The third-order valence-electron chi connectivity index (χ3n) is 3.25. The van der Waals surface area contributed by atoms with E-state index in [0.717, 1.165) is 29.5 Å². The Hall–Kier alpha value is -2.20. The number of hydrogen-bond donors (Lipinski definition) is 1. The molecule has 0 bridgehead atoms. The van der Waals surface area contributed by atoms with Gasteiger partial charge in [-0.15, -0.1) is 0 Å². The fourth-order valence-electron chi connectivity index (χ4n) is 2.16. The molecule has 4 heteroatoms. The SMILES string of the molecule is CN(C)CCOc1ccccc1Oc1ccc(NC(C)(C)C)cc1. The van der Waals surface area contributed by atoms with Crippen molar-refractivity contribution >= 4 is 5.69 Å². The molecular formula is C20H28N2O2. The number of anilines is 1. The fourth-order valence-corrected chi connectivity index (χ4v) is 2.16. The summed E-state index contributed by atoms with van der Waals surface area (Å²) in [6.45, 7) is 7.90. The predicted molar refractivity (Wildman–Crippen MR) is 100 cm³/mol. The molecule has 2 aromatic rings. The molecule has 0 aliphatic rings. The Bertz CT molecular complexity index is 631. The number of ether oxygens (including phenoxy) is 2. The van der Waals surface area contributed by atoms with Crippen molar-refractivity contribution in [3.63, 3.8) is 0 Å². The molecule has 0 aliphatic carbocycles. The lowest BCUT2D eigenvalue weighted by Gasteiger charge is -2.22. The van der Waals surface area contributed by atoms with Crippen LogP contribution in [0, 0.1) is 0 Å². The summed E-state index contributed by atoms with van der Waals surface area (Å²) in [5, 5.41) is 3.44. The lowest BCUT2D eigenvalue weighted by atomic mass is 10.1. The van der Waals surface area contributed by atoms with Gasteiger partial charge in [-0.3, -0.25) is 0 Å². The number of para-hydroxylation sites is 2. The van der Waals surface area contributed by atoms with Crippen LogP contribution < -0.4 is 14.8 Å². The maximum atomic E-state index is 5.99. The van der Waals surface area contributed by atoms with Crippen LogP contribution in [0.3, 0.4) is 0 Å². The predicted octanol–water partition coefficient (Wildman–Crippen LogP) is 4.63. The summed E-state index contributed by atoms with van der Waals surface area (Å²) in [4.78, 5) is 2.09. The Kier molecular flexibility index (Phi) is 6.10. The van der Waals surface area contributed by atoms with Gasteiger partial charge in [0.1, 0.15) is 12.4 Å². The van der Waals surface area contributed by atoms with E-state index < -0.39 is 0 Å². The van der Waals surface area contributed by atoms with Crippen LogP contribution in [0.2, 0.25) is 0 Å². The van der Waals surface area contributed by atoms with Gasteiger partial charge in [0.05, 0.1) is 0 Å². The zero-order valence-electron chi connectivity index (χ0n) is 15.3. The monoisotopic (exact) mass is 328 g/mol. The summed E-state index contributed by atoms with van der Waals surface area (Å²) in [5.41, 5.74) is 1.11. The summed E-state index contributed by atoms with van der Waals surface area (Å²) in [7, 11) is 4.05. The minimum Gasteiger partial charge on any atom is -0.488 e. The molecule has 0 aliphatic heterocycles. The van der Waals surface area contributed by atoms with Crippen molar-refractivity contribution in [3.05, 3.63) is 48.5 Å². The van der Waals surface area contributed by atoms with Gasteiger partial charge in [0, 0.05) is 17.8 Å². The fraction of sp³-hybridized carbons (Fsp3) is 0.400.